The molecule has 0 aromatic carbocycles. The highest BCUT2D eigenvalue weighted by molar-refractivity contribution is 5.76. The standard InChI is InChI=1S/C61H107NO8/c1-3-5-7-9-11-13-15-17-19-21-23-25-27-28-29-31-33-35-37-39-41-43-45-47-49-51-57(65)62-54(53-69-61-60(68)59(67)58(66)56(52-63)70-61)55(64)50-48-46-44-42-40-38-36-34-32-30-26-24-22-20-18-16-14-12-10-8-6-4-2/h5,7,11,13,17,19,23,25,28-29,33,35,48,50,54-56,58-61,63-64,66-68H,3-4,6,8-10,12,14-16,18,20-22,24,26-27,30-32,34,36-47,49,51-53H2,1-2H3,(H,62,65)/b7-5-,13-11-,19-17-,25-23-,29-28-,35-33-,50-48+. The van der Waals surface area contributed by atoms with Crippen molar-refractivity contribution in [2.75, 3.05) is 13.2 Å². The Morgan fingerprint density at radius 2 is 0.886 bits per heavy atom. The molecule has 0 aliphatic carbocycles. The van der Waals surface area contributed by atoms with Crippen LogP contribution in [-0.4, -0.2) is 87.5 Å². The van der Waals surface area contributed by atoms with Crippen molar-refractivity contribution < 1.29 is 39.8 Å². The van der Waals surface area contributed by atoms with Gasteiger partial charge in [-0.25, -0.2) is 0 Å². The van der Waals surface area contributed by atoms with Crippen LogP contribution >= 0.6 is 0 Å². The first-order valence-corrected chi connectivity index (χ1v) is 28.8. The van der Waals surface area contributed by atoms with Gasteiger partial charge in [-0.3, -0.25) is 4.79 Å². The highest BCUT2D eigenvalue weighted by Gasteiger charge is 2.44. The lowest BCUT2D eigenvalue weighted by Gasteiger charge is -2.40. The molecule has 0 saturated carbocycles. The van der Waals surface area contributed by atoms with E-state index in [1.54, 1.807) is 6.08 Å². The first-order valence-electron chi connectivity index (χ1n) is 28.8. The third-order valence-corrected chi connectivity index (χ3v) is 13.2. The molecule has 1 rings (SSSR count). The van der Waals surface area contributed by atoms with Gasteiger partial charge in [0.05, 0.1) is 25.4 Å². The summed E-state index contributed by atoms with van der Waals surface area (Å²) >= 11 is 0. The van der Waals surface area contributed by atoms with Crippen molar-refractivity contribution in [1.29, 1.82) is 0 Å². The summed E-state index contributed by atoms with van der Waals surface area (Å²) < 4.78 is 11.3. The molecule has 7 atom stereocenters. The number of carbonyl (C=O) groups is 1. The van der Waals surface area contributed by atoms with Crippen LogP contribution < -0.4 is 5.32 Å². The van der Waals surface area contributed by atoms with Gasteiger partial charge in [0.15, 0.2) is 6.29 Å². The number of allylic oxidation sites excluding steroid dienone is 13. The molecule has 0 radical (unpaired) electrons. The maximum atomic E-state index is 13.1. The van der Waals surface area contributed by atoms with E-state index in [0.29, 0.717) is 6.42 Å². The van der Waals surface area contributed by atoms with Gasteiger partial charge in [0, 0.05) is 6.42 Å². The molecule has 404 valence electrons. The zero-order valence-electron chi connectivity index (χ0n) is 44.7. The molecule has 9 heteroatoms. The van der Waals surface area contributed by atoms with Crippen molar-refractivity contribution in [3.05, 3.63) is 85.1 Å². The van der Waals surface area contributed by atoms with Gasteiger partial charge < -0.3 is 40.3 Å². The Morgan fingerprint density at radius 1 is 0.500 bits per heavy atom. The fourth-order valence-electron chi connectivity index (χ4n) is 8.69. The van der Waals surface area contributed by atoms with Crippen molar-refractivity contribution in [3.63, 3.8) is 0 Å². The van der Waals surface area contributed by atoms with E-state index >= 15 is 0 Å². The van der Waals surface area contributed by atoms with Crippen LogP contribution in [0.4, 0.5) is 0 Å². The van der Waals surface area contributed by atoms with E-state index in [1.165, 1.54) is 116 Å². The number of rotatable bonds is 48. The van der Waals surface area contributed by atoms with Crippen LogP contribution in [-0.2, 0) is 14.3 Å². The van der Waals surface area contributed by atoms with Gasteiger partial charge in [0.1, 0.15) is 24.4 Å². The van der Waals surface area contributed by atoms with E-state index in [4.69, 9.17) is 9.47 Å². The zero-order valence-corrected chi connectivity index (χ0v) is 44.7. The van der Waals surface area contributed by atoms with Gasteiger partial charge in [0.2, 0.25) is 5.91 Å². The zero-order chi connectivity index (χ0) is 50.8. The van der Waals surface area contributed by atoms with Crippen molar-refractivity contribution in [2.24, 2.45) is 0 Å². The maximum Gasteiger partial charge on any atom is 0.220 e. The smallest absolute Gasteiger partial charge is 0.220 e. The van der Waals surface area contributed by atoms with Crippen LogP contribution in [0.25, 0.3) is 0 Å². The Morgan fingerprint density at radius 3 is 1.31 bits per heavy atom. The third kappa shape index (κ3) is 39.0. The molecule has 0 aromatic heterocycles. The summed E-state index contributed by atoms with van der Waals surface area (Å²) in [6, 6.07) is -0.819. The second-order valence-electron chi connectivity index (χ2n) is 19.7. The topological polar surface area (TPSA) is 149 Å². The summed E-state index contributed by atoms with van der Waals surface area (Å²) in [6.45, 7) is 3.67. The number of aliphatic hydroxyl groups is 5. The summed E-state index contributed by atoms with van der Waals surface area (Å²) in [5.74, 6) is -0.193. The van der Waals surface area contributed by atoms with Crippen molar-refractivity contribution >= 4 is 5.91 Å². The molecule has 9 nitrogen and oxygen atoms in total. The van der Waals surface area contributed by atoms with Crippen LogP contribution in [0.15, 0.2) is 85.1 Å². The summed E-state index contributed by atoms with van der Waals surface area (Å²) in [6.07, 6.45) is 63.5. The van der Waals surface area contributed by atoms with Gasteiger partial charge >= 0.3 is 0 Å². The van der Waals surface area contributed by atoms with Crippen LogP contribution in [0.1, 0.15) is 239 Å². The molecular weight excluding hydrogens is 875 g/mol. The highest BCUT2D eigenvalue weighted by Crippen LogP contribution is 2.23. The van der Waals surface area contributed by atoms with Crippen LogP contribution in [0.5, 0.6) is 0 Å². The SMILES string of the molecule is CC/C=C\C/C=C\C/C=C\C/C=C\C/C=C\C/C=C\CCCCCCCCC(=O)NC(COC1OC(CO)C(O)C(O)C1O)C(O)/C=C/CCCCCCCCCCCCCCCCCCCCCC. The molecule has 1 aliphatic heterocycles. The minimum atomic E-state index is -1.57. The molecule has 0 spiro atoms. The van der Waals surface area contributed by atoms with Crippen LogP contribution in [0, 0.1) is 0 Å². The Bertz CT molecular complexity index is 1370. The Hall–Kier alpha value is -2.63. The van der Waals surface area contributed by atoms with Crippen LogP contribution in [0.3, 0.4) is 0 Å². The lowest BCUT2D eigenvalue weighted by Crippen LogP contribution is -2.60. The minimum Gasteiger partial charge on any atom is -0.394 e. The number of nitrogens with one attached hydrogen (secondary N) is 1. The molecule has 7 unspecified atom stereocenters. The van der Waals surface area contributed by atoms with Crippen molar-refractivity contribution in [3.8, 4) is 0 Å². The maximum absolute atomic E-state index is 13.1. The van der Waals surface area contributed by atoms with Crippen LogP contribution in [0.2, 0.25) is 0 Å². The van der Waals surface area contributed by atoms with E-state index in [2.05, 4.69) is 92.1 Å². The highest BCUT2D eigenvalue weighted by atomic mass is 16.7. The monoisotopic (exact) mass is 982 g/mol. The number of aliphatic hydroxyl groups excluding tert-OH is 5. The molecule has 1 saturated heterocycles. The largest absolute Gasteiger partial charge is 0.394 e. The Balaban J connectivity index is 2.27. The molecule has 70 heavy (non-hydrogen) atoms. The number of unbranched alkanes of at least 4 members (excludes halogenated alkanes) is 26. The number of hydrogen-bond acceptors (Lipinski definition) is 8. The fraction of sp³-hybridized carbons (Fsp3) is 0.754. The quantitative estimate of drug-likeness (QED) is 0.0261. The van der Waals surface area contributed by atoms with Gasteiger partial charge in [-0.15, -0.1) is 0 Å². The van der Waals surface area contributed by atoms with Gasteiger partial charge in [0.25, 0.3) is 0 Å². The van der Waals surface area contributed by atoms with Gasteiger partial charge in [-0.1, -0.05) is 247 Å². The fourth-order valence-corrected chi connectivity index (χ4v) is 8.69. The minimum absolute atomic E-state index is 0.193. The van der Waals surface area contributed by atoms with E-state index in [1.807, 2.05) is 6.08 Å². The molecule has 1 heterocycles. The normalized spacial score (nSPS) is 20.0. The molecule has 0 bridgehead atoms. The van der Waals surface area contributed by atoms with E-state index in [9.17, 15) is 30.3 Å². The van der Waals surface area contributed by atoms with E-state index in [-0.39, 0.29) is 12.5 Å². The second-order valence-corrected chi connectivity index (χ2v) is 19.7. The first kappa shape index (κ1) is 65.4. The molecule has 1 fully saturated rings. The third-order valence-electron chi connectivity index (χ3n) is 13.2. The predicted molar refractivity (Wildman–Crippen MR) is 295 cm³/mol. The van der Waals surface area contributed by atoms with Crippen molar-refractivity contribution in [2.45, 2.75) is 281 Å². The average molecular weight is 983 g/mol. The number of hydrogen-bond donors (Lipinski definition) is 6. The molecular formula is C61H107NO8. The summed E-state index contributed by atoms with van der Waals surface area (Å²) in [7, 11) is 0. The predicted octanol–water partition coefficient (Wildman–Crippen LogP) is 14.2. The number of carbonyl (C=O) groups excluding carboxylic acids is 1. The molecule has 1 aliphatic rings. The van der Waals surface area contributed by atoms with Gasteiger partial charge in [-0.2, -0.15) is 0 Å². The number of amides is 1. The second kappa shape index (κ2) is 49.9. The van der Waals surface area contributed by atoms with Crippen molar-refractivity contribution in [1.82, 2.24) is 5.32 Å². The summed E-state index contributed by atoms with van der Waals surface area (Å²) in [5, 5.41) is 54.5. The molecule has 0 aromatic rings. The molecule has 1 amide bonds. The van der Waals surface area contributed by atoms with E-state index in [0.717, 1.165) is 103 Å². The molecule has 6 N–H and O–H groups in total. The Kier molecular flexibility index (Phi) is 46.6. The Labute approximate surface area is 429 Å². The summed E-state index contributed by atoms with van der Waals surface area (Å²) in [5.41, 5.74) is 0. The van der Waals surface area contributed by atoms with Gasteiger partial charge in [-0.05, 0) is 70.6 Å². The lowest BCUT2D eigenvalue weighted by atomic mass is 9.99. The van der Waals surface area contributed by atoms with E-state index < -0.39 is 49.5 Å². The average Bonchev–Trinajstić information content (AvgIpc) is 3.36. The lowest BCUT2D eigenvalue weighted by molar-refractivity contribution is -0.302. The number of ether oxygens (including phenoxy) is 2. The first-order chi connectivity index (χ1) is 34.3. The summed E-state index contributed by atoms with van der Waals surface area (Å²) in [4.78, 5) is 13.1.